The normalized spacial score (nSPS) is 11.7. The first-order chi connectivity index (χ1) is 25.2. The predicted molar refractivity (Wildman–Crippen MR) is 209 cm³/mol. The molecule has 0 aliphatic carbocycles. The van der Waals surface area contributed by atoms with Crippen molar-refractivity contribution in [2.24, 2.45) is 0 Å². The van der Waals surface area contributed by atoms with Crippen LogP contribution in [0.5, 0.6) is 0 Å². The molecule has 7 nitrogen and oxygen atoms in total. The maximum Gasteiger partial charge on any atom is 0.227 e. The highest BCUT2D eigenvalue weighted by Crippen LogP contribution is 2.45. The molecular formula is C45H36N4O3. The minimum atomic E-state index is 0.615. The molecule has 0 spiro atoms. The third-order valence-corrected chi connectivity index (χ3v) is 9.92. The fraction of sp³-hybridized carbons (Fsp3) is 0.133. The smallest absolute Gasteiger partial charge is 0.227 e. The lowest BCUT2D eigenvalue weighted by atomic mass is 9.96. The van der Waals surface area contributed by atoms with E-state index in [1.54, 1.807) is 0 Å². The summed E-state index contributed by atoms with van der Waals surface area (Å²) in [4.78, 5) is 16.8. The molecule has 9 aromatic rings. The zero-order valence-electron chi connectivity index (χ0n) is 29.9. The van der Waals surface area contributed by atoms with Crippen molar-refractivity contribution in [3.05, 3.63) is 143 Å². The van der Waals surface area contributed by atoms with E-state index in [1.807, 2.05) is 72.8 Å². The van der Waals surface area contributed by atoms with E-state index in [0.29, 0.717) is 17.7 Å². The molecule has 0 aliphatic heterocycles. The van der Waals surface area contributed by atoms with Gasteiger partial charge in [-0.2, -0.15) is 0 Å². The van der Waals surface area contributed by atoms with Crippen LogP contribution < -0.4 is 4.90 Å². The Morgan fingerprint density at radius 1 is 0.365 bits per heavy atom. The van der Waals surface area contributed by atoms with E-state index >= 15 is 0 Å². The van der Waals surface area contributed by atoms with E-state index in [4.69, 9.17) is 28.2 Å². The van der Waals surface area contributed by atoms with Crippen LogP contribution in [0, 0.1) is 41.5 Å². The highest BCUT2D eigenvalue weighted by molar-refractivity contribution is 5.88. The minimum absolute atomic E-state index is 0.615. The van der Waals surface area contributed by atoms with Crippen LogP contribution >= 0.6 is 0 Å². The Balaban J connectivity index is 1.22. The quantitative estimate of drug-likeness (QED) is 0.173. The molecule has 3 heterocycles. The Hall–Kier alpha value is -6.47. The molecule has 0 unspecified atom stereocenters. The van der Waals surface area contributed by atoms with E-state index in [0.717, 1.165) is 100 Å². The zero-order valence-corrected chi connectivity index (χ0v) is 29.9. The Kier molecular flexibility index (Phi) is 7.33. The molecule has 7 heteroatoms. The molecular weight excluding hydrogens is 645 g/mol. The lowest BCUT2D eigenvalue weighted by Gasteiger charge is -2.31. The topological polar surface area (TPSA) is 81.3 Å². The number of aromatic nitrogens is 3. The molecule has 3 aromatic heterocycles. The van der Waals surface area contributed by atoms with Gasteiger partial charge in [0, 0.05) is 33.8 Å². The van der Waals surface area contributed by atoms with Crippen molar-refractivity contribution >= 4 is 50.4 Å². The third-order valence-electron chi connectivity index (χ3n) is 9.92. The molecule has 0 aliphatic rings. The number of hydrogen-bond donors (Lipinski definition) is 0. The van der Waals surface area contributed by atoms with Gasteiger partial charge in [-0.05, 0) is 148 Å². The van der Waals surface area contributed by atoms with Gasteiger partial charge in [0.15, 0.2) is 16.7 Å². The molecule has 254 valence electrons. The van der Waals surface area contributed by atoms with E-state index in [9.17, 15) is 0 Å². The van der Waals surface area contributed by atoms with Crippen LogP contribution in [-0.4, -0.2) is 15.0 Å². The van der Waals surface area contributed by atoms with Gasteiger partial charge in [0.05, 0.1) is 0 Å². The molecule has 6 aromatic carbocycles. The lowest BCUT2D eigenvalue weighted by Crippen LogP contribution is -2.15. The van der Waals surface area contributed by atoms with Crippen molar-refractivity contribution in [3.8, 4) is 34.4 Å². The average Bonchev–Trinajstić information content (AvgIpc) is 3.89. The van der Waals surface area contributed by atoms with Gasteiger partial charge in [0.25, 0.3) is 0 Å². The van der Waals surface area contributed by atoms with Gasteiger partial charge < -0.3 is 18.2 Å². The molecule has 0 radical (unpaired) electrons. The van der Waals surface area contributed by atoms with Crippen molar-refractivity contribution in [2.45, 2.75) is 41.5 Å². The van der Waals surface area contributed by atoms with E-state index in [2.05, 4.69) is 82.8 Å². The van der Waals surface area contributed by atoms with Crippen LogP contribution in [-0.2, 0) is 0 Å². The average molecular weight is 681 g/mol. The maximum absolute atomic E-state index is 6.23. The molecule has 52 heavy (non-hydrogen) atoms. The Bertz CT molecular complexity index is 2430. The highest BCUT2D eigenvalue weighted by Gasteiger charge is 2.25. The van der Waals surface area contributed by atoms with E-state index in [-0.39, 0.29) is 0 Å². The van der Waals surface area contributed by atoms with Crippen LogP contribution in [0.25, 0.3) is 67.7 Å². The third kappa shape index (κ3) is 5.24. The number of benzene rings is 6. The van der Waals surface area contributed by atoms with Crippen molar-refractivity contribution in [1.82, 2.24) is 15.0 Å². The monoisotopic (exact) mass is 680 g/mol. The largest absolute Gasteiger partial charge is 0.436 e. The number of fused-ring (bicyclic) bond motifs is 3. The van der Waals surface area contributed by atoms with Crippen molar-refractivity contribution in [2.75, 3.05) is 4.90 Å². The molecule has 0 bridgehead atoms. The lowest BCUT2D eigenvalue weighted by molar-refractivity contribution is 0.619. The molecule has 0 amide bonds. The van der Waals surface area contributed by atoms with Gasteiger partial charge in [-0.25, -0.2) is 15.0 Å². The molecule has 0 fully saturated rings. The summed E-state index contributed by atoms with van der Waals surface area (Å²) in [5, 5.41) is 0. The SMILES string of the molecule is Cc1cc(N(c2cc(C)c(-c3nc4ccccc4o3)cc2C)c2cc(C)c(-c3nc4ccccc4o3)cc2C)c(C)cc1-c1nc2ccccc2o1. The molecule has 0 saturated heterocycles. The summed E-state index contributed by atoms with van der Waals surface area (Å²) in [6, 6.07) is 36.9. The van der Waals surface area contributed by atoms with Gasteiger partial charge in [0.1, 0.15) is 16.6 Å². The van der Waals surface area contributed by atoms with Crippen LogP contribution in [0.3, 0.4) is 0 Å². The van der Waals surface area contributed by atoms with Crippen LogP contribution in [0.1, 0.15) is 33.4 Å². The fourth-order valence-electron chi connectivity index (χ4n) is 7.17. The number of aryl methyl sites for hydroxylation is 6. The van der Waals surface area contributed by atoms with Gasteiger partial charge in [0.2, 0.25) is 17.7 Å². The summed E-state index contributed by atoms with van der Waals surface area (Å²) in [5.74, 6) is 1.85. The van der Waals surface area contributed by atoms with E-state index < -0.39 is 0 Å². The minimum Gasteiger partial charge on any atom is -0.436 e. The first-order valence-corrected chi connectivity index (χ1v) is 17.4. The summed E-state index contributed by atoms with van der Waals surface area (Å²) >= 11 is 0. The summed E-state index contributed by atoms with van der Waals surface area (Å²) in [6.07, 6.45) is 0. The van der Waals surface area contributed by atoms with Gasteiger partial charge in [-0.15, -0.1) is 0 Å². The highest BCUT2D eigenvalue weighted by atomic mass is 16.4. The molecule has 9 rings (SSSR count). The zero-order chi connectivity index (χ0) is 35.7. The van der Waals surface area contributed by atoms with Gasteiger partial charge in [-0.3, -0.25) is 0 Å². The second kappa shape index (κ2) is 12.1. The number of hydrogen-bond acceptors (Lipinski definition) is 7. The fourth-order valence-corrected chi connectivity index (χ4v) is 7.17. The summed E-state index contributed by atoms with van der Waals surface area (Å²) in [6.45, 7) is 12.8. The van der Waals surface area contributed by atoms with Crippen LogP contribution in [0.15, 0.2) is 122 Å². The van der Waals surface area contributed by atoms with Gasteiger partial charge in [-0.1, -0.05) is 36.4 Å². The first kappa shape index (κ1) is 31.5. The number of oxazole rings is 3. The Morgan fingerprint density at radius 2 is 0.654 bits per heavy atom. The Morgan fingerprint density at radius 3 is 0.942 bits per heavy atom. The summed E-state index contributed by atoms with van der Waals surface area (Å²) in [5.41, 5.74) is 17.4. The maximum atomic E-state index is 6.23. The number of rotatable bonds is 6. The van der Waals surface area contributed by atoms with Crippen LogP contribution in [0.4, 0.5) is 17.1 Å². The van der Waals surface area contributed by atoms with E-state index in [1.165, 1.54) is 0 Å². The second-order valence-electron chi connectivity index (χ2n) is 13.7. The summed E-state index contributed by atoms with van der Waals surface area (Å²) in [7, 11) is 0. The van der Waals surface area contributed by atoms with Crippen LogP contribution in [0.2, 0.25) is 0 Å². The summed E-state index contributed by atoms with van der Waals surface area (Å²) < 4.78 is 18.7. The molecule has 0 saturated carbocycles. The van der Waals surface area contributed by atoms with Crippen molar-refractivity contribution in [3.63, 3.8) is 0 Å². The van der Waals surface area contributed by atoms with Crippen molar-refractivity contribution in [1.29, 1.82) is 0 Å². The number of para-hydroxylation sites is 6. The number of nitrogens with zero attached hydrogens (tertiary/aromatic N) is 4. The molecule has 0 N–H and O–H groups in total. The first-order valence-electron chi connectivity index (χ1n) is 17.4. The van der Waals surface area contributed by atoms with Crippen molar-refractivity contribution < 1.29 is 13.3 Å². The predicted octanol–water partition coefficient (Wildman–Crippen LogP) is 12.4. The molecule has 0 atom stereocenters. The number of anilines is 3. The Labute approximate surface area is 301 Å². The second-order valence-corrected chi connectivity index (χ2v) is 13.7. The standard InChI is InChI=1S/C45H36N4O3/c1-25-22-37(28(4)19-31(25)43-46-34-13-7-10-16-40(34)50-43)49(38-23-26(2)32(20-29(38)5)44-47-35-14-8-11-17-41(35)51-44)39-24-27(3)33(21-30(39)6)45-48-36-15-9-12-18-42(36)52-45/h7-24H,1-6H3. The van der Waals surface area contributed by atoms with Gasteiger partial charge >= 0.3 is 0 Å².